The topological polar surface area (TPSA) is 75.3 Å². The monoisotopic (exact) mass is 314 g/mol. The Bertz CT molecular complexity index is 712. The molecule has 3 rings (SSSR count). The highest BCUT2D eigenvalue weighted by atomic mass is 19.1. The van der Waals surface area contributed by atoms with Gasteiger partial charge in [0.05, 0.1) is 11.3 Å². The number of rotatable bonds is 4. The van der Waals surface area contributed by atoms with E-state index in [0.717, 1.165) is 11.1 Å². The minimum absolute atomic E-state index is 0.136. The summed E-state index contributed by atoms with van der Waals surface area (Å²) in [5, 5.41) is 12.4. The molecule has 4 nitrogen and oxygen atoms in total. The Morgan fingerprint density at radius 3 is 2.52 bits per heavy atom. The molecule has 4 N–H and O–H groups in total. The molecule has 1 aliphatic rings. The molecule has 1 aliphatic carbocycles. The molecule has 23 heavy (non-hydrogen) atoms. The van der Waals surface area contributed by atoms with Crippen LogP contribution in [0.5, 0.6) is 0 Å². The van der Waals surface area contributed by atoms with E-state index in [-0.39, 0.29) is 24.1 Å². The summed E-state index contributed by atoms with van der Waals surface area (Å²) in [5.74, 6) is -1.08. The summed E-state index contributed by atoms with van der Waals surface area (Å²) in [4.78, 5) is 12.1. The molecule has 0 unspecified atom stereocenters. The van der Waals surface area contributed by atoms with E-state index in [9.17, 15) is 14.3 Å². The Hall–Kier alpha value is -2.24. The predicted octanol–water partition coefficient (Wildman–Crippen LogP) is 2.53. The van der Waals surface area contributed by atoms with Gasteiger partial charge in [0.25, 0.3) is 0 Å². The normalized spacial score (nSPS) is 23.2. The number of carbonyl (C=O) groups is 1. The lowest BCUT2D eigenvalue weighted by atomic mass is 9.70. The van der Waals surface area contributed by atoms with E-state index in [1.54, 1.807) is 12.1 Å². The Morgan fingerprint density at radius 2 is 1.91 bits per heavy atom. The summed E-state index contributed by atoms with van der Waals surface area (Å²) in [6, 6.07) is 14.2. The molecule has 0 atom stereocenters. The number of nitrogens with two attached hydrogens (primary N) is 1. The first-order valence-corrected chi connectivity index (χ1v) is 7.59. The molecular formula is C18H19FN2O2. The van der Waals surface area contributed by atoms with Gasteiger partial charge in [0.1, 0.15) is 5.82 Å². The highest BCUT2D eigenvalue weighted by molar-refractivity contribution is 5.93. The molecule has 0 bridgehead atoms. The number of anilines is 1. The molecular weight excluding hydrogens is 295 g/mol. The van der Waals surface area contributed by atoms with Crippen molar-refractivity contribution >= 4 is 11.6 Å². The number of halogens is 1. The fraction of sp³-hybridized carbons (Fsp3) is 0.278. The predicted molar refractivity (Wildman–Crippen MR) is 87.2 cm³/mol. The molecule has 0 aromatic heterocycles. The fourth-order valence-corrected chi connectivity index (χ4v) is 2.87. The molecule has 0 heterocycles. The average Bonchev–Trinajstić information content (AvgIpc) is 2.54. The molecule has 0 radical (unpaired) electrons. The molecule has 1 fully saturated rings. The van der Waals surface area contributed by atoms with Gasteiger partial charge in [-0.1, -0.05) is 36.4 Å². The fourth-order valence-electron chi connectivity index (χ4n) is 2.87. The zero-order chi connectivity index (χ0) is 16.4. The second kappa shape index (κ2) is 6.10. The molecule has 2 aromatic carbocycles. The van der Waals surface area contributed by atoms with Gasteiger partial charge in [0.2, 0.25) is 5.91 Å². The molecule has 1 amide bonds. The lowest BCUT2D eigenvalue weighted by Crippen LogP contribution is -2.53. The van der Waals surface area contributed by atoms with Gasteiger partial charge in [-0.05, 0) is 36.1 Å². The van der Waals surface area contributed by atoms with E-state index in [1.807, 2.05) is 30.3 Å². The van der Waals surface area contributed by atoms with Crippen LogP contribution >= 0.6 is 0 Å². The van der Waals surface area contributed by atoms with Crippen LogP contribution in [0.25, 0.3) is 11.1 Å². The molecule has 5 heteroatoms. The van der Waals surface area contributed by atoms with Gasteiger partial charge < -0.3 is 16.2 Å². The quantitative estimate of drug-likeness (QED) is 0.812. The van der Waals surface area contributed by atoms with Gasteiger partial charge in [-0.2, -0.15) is 0 Å². The number of aliphatic hydroxyl groups is 1. The van der Waals surface area contributed by atoms with Crippen LogP contribution in [-0.2, 0) is 4.79 Å². The number of nitrogens with one attached hydrogen (secondary N) is 1. The van der Waals surface area contributed by atoms with Crippen molar-refractivity contribution in [1.29, 1.82) is 0 Å². The Kier molecular flexibility index (Phi) is 4.15. The van der Waals surface area contributed by atoms with Crippen LogP contribution < -0.4 is 11.1 Å². The summed E-state index contributed by atoms with van der Waals surface area (Å²) < 4.78 is 14.2. The van der Waals surface area contributed by atoms with Crippen molar-refractivity contribution in [3.63, 3.8) is 0 Å². The first-order chi connectivity index (χ1) is 11.0. The zero-order valence-electron chi connectivity index (χ0n) is 12.6. The smallest absolute Gasteiger partial charge is 0.227 e. The van der Waals surface area contributed by atoms with E-state index < -0.39 is 11.4 Å². The molecule has 120 valence electrons. The minimum atomic E-state index is -0.947. The van der Waals surface area contributed by atoms with Gasteiger partial charge >= 0.3 is 0 Å². The Morgan fingerprint density at radius 1 is 1.22 bits per heavy atom. The van der Waals surface area contributed by atoms with Crippen molar-refractivity contribution in [2.75, 3.05) is 11.9 Å². The standard InChI is InChI=1S/C18H19FN2O2/c19-15-8-13(12-4-2-1-3-5-12)6-7-16(15)21-17(22)14-9-18(23,10-14)11-20/h1-8,14,23H,9-11,20H2,(H,21,22). The number of carbonyl (C=O) groups excluding carboxylic acids is 1. The molecule has 0 spiro atoms. The van der Waals surface area contributed by atoms with Crippen LogP contribution in [0.3, 0.4) is 0 Å². The van der Waals surface area contributed by atoms with E-state index >= 15 is 0 Å². The van der Waals surface area contributed by atoms with Gasteiger partial charge in [0.15, 0.2) is 0 Å². The van der Waals surface area contributed by atoms with Crippen molar-refractivity contribution < 1.29 is 14.3 Å². The van der Waals surface area contributed by atoms with Crippen LogP contribution in [0, 0.1) is 11.7 Å². The van der Waals surface area contributed by atoms with E-state index in [2.05, 4.69) is 5.32 Å². The van der Waals surface area contributed by atoms with Crippen molar-refractivity contribution in [3.05, 3.63) is 54.3 Å². The van der Waals surface area contributed by atoms with E-state index in [1.165, 1.54) is 6.07 Å². The summed E-state index contributed by atoms with van der Waals surface area (Å²) in [7, 11) is 0. The summed E-state index contributed by atoms with van der Waals surface area (Å²) in [6.45, 7) is 0.136. The summed E-state index contributed by atoms with van der Waals surface area (Å²) >= 11 is 0. The first-order valence-electron chi connectivity index (χ1n) is 7.59. The Labute approximate surface area is 134 Å². The van der Waals surface area contributed by atoms with Crippen LogP contribution in [0.1, 0.15) is 12.8 Å². The molecule has 1 saturated carbocycles. The van der Waals surface area contributed by atoms with Crippen LogP contribution in [0.2, 0.25) is 0 Å². The average molecular weight is 314 g/mol. The number of hydrogen-bond acceptors (Lipinski definition) is 3. The van der Waals surface area contributed by atoms with Gasteiger partial charge in [-0.15, -0.1) is 0 Å². The third-order valence-corrected chi connectivity index (χ3v) is 4.34. The van der Waals surface area contributed by atoms with E-state index in [4.69, 9.17) is 5.73 Å². The zero-order valence-corrected chi connectivity index (χ0v) is 12.6. The van der Waals surface area contributed by atoms with Crippen LogP contribution in [0.15, 0.2) is 48.5 Å². The van der Waals surface area contributed by atoms with Crippen molar-refractivity contribution in [3.8, 4) is 11.1 Å². The largest absolute Gasteiger partial charge is 0.389 e. The lowest BCUT2D eigenvalue weighted by molar-refractivity contribution is -0.134. The van der Waals surface area contributed by atoms with Gasteiger partial charge in [-0.3, -0.25) is 4.79 Å². The highest BCUT2D eigenvalue weighted by Crippen LogP contribution is 2.37. The Balaban J connectivity index is 1.69. The summed E-state index contributed by atoms with van der Waals surface area (Å²) in [6.07, 6.45) is 0.637. The van der Waals surface area contributed by atoms with Crippen molar-refractivity contribution in [1.82, 2.24) is 0 Å². The van der Waals surface area contributed by atoms with Crippen LogP contribution in [-0.4, -0.2) is 23.2 Å². The van der Waals surface area contributed by atoms with Gasteiger partial charge in [0, 0.05) is 12.5 Å². The second-order valence-electron chi connectivity index (χ2n) is 6.08. The van der Waals surface area contributed by atoms with E-state index in [0.29, 0.717) is 12.8 Å². The van der Waals surface area contributed by atoms with Gasteiger partial charge in [-0.25, -0.2) is 4.39 Å². The minimum Gasteiger partial charge on any atom is -0.389 e. The molecule has 0 aliphatic heterocycles. The first kappa shape index (κ1) is 15.6. The number of hydrogen-bond donors (Lipinski definition) is 3. The maximum absolute atomic E-state index is 14.2. The third-order valence-electron chi connectivity index (χ3n) is 4.34. The molecule has 0 saturated heterocycles. The maximum Gasteiger partial charge on any atom is 0.227 e. The molecule has 2 aromatic rings. The van der Waals surface area contributed by atoms with Crippen molar-refractivity contribution in [2.45, 2.75) is 18.4 Å². The SMILES string of the molecule is NCC1(O)CC(C(=O)Nc2ccc(-c3ccccc3)cc2F)C1. The van der Waals surface area contributed by atoms with Crippen molar-refractivity contribution in [2.24, 2.45) is 11.7 Å². The number of benzene rings is 2. The second-order valence-corrected chi connectivity index (χ2v) is 6.08. The maximum atomic E-state index is 14.2. The summed E-state index contributed by atoms with van der Waals surface area (Å²) in [5.41, 5.74) is 6.31. The highest BCUT2D eigenvalue weighted by Gasteiger charge is 2.45. The lowest BCUT2D eigenvalue weighted by Gasteiger charge is -2.41. The number of amides is 1. The van der Waals surface area contributed by atoms with Crippen LogP contribution in [0.4, 0.5) is 10.1 Å². The third kappa shape index (κ3) is 3.25.